The number of H-pyrrole nitrogens is 1. The highest BCUT2D eigenvalue weighted by molar-refractivity contribution is 6.33. The molecule has 0 amide bonds. The van der Waals surface area contributed by atoms with E-state index in [0.29, 0.717) is 17.1 Å². The Morgan fingerprint density at radius 2 is 2.10 bits per heavy atom. The van der Waals surface area contributed by atoms with Gasteiger partial charge in [0, 0.05) is 5.56 Å². The minimum atomic E-state index is -1.08. The second-order valence-electron chi connectivity index (χ2n) is 5.60. The Morgan fingerprint density at radius 3 is 2.76 bits per heavy atom. The first-order valence-corrected chi connectivity index (χ1v) is 8.31. The fraction of sp³-hybridized carbons (Fsp3) is 0.0556. The zero-order chi connectivity index (χ0) is 21.1. The number of methoxy groups -OCH3 is 1. The normalized spacial score (nSPS) is 11.0. The van der Waals surface area contributed by atoms with Gasteiger partial charge in [0.05, 0.1) is 22.6 Å². The molecule has 2 N–H and O–H groups in total. The summed E-state index contributed by atoms with van der Waals surface area (Å²) >= 11 is 6.00. The van der Waals surface area contributed by atoms with Crippen molar-refractivity contribution in [3.63, 3.8) is 0 Å². The lowest BCUT2D eigenvalue weighted by Gasteiger charge is -2.04. The van der Waals surface area contributed by atoms with E-state index in [1.54, 1.807) is 18.2 Å². The summed E-state index contributed by atoms with van der Waals surface area (Å²) in [6.45, 7) is 0. The van der Waals surface area contributed by atoms with Gasteiger partial charge in [0.1, 0.15) is 17.3 Å². The lowest BCUT2D eigenvalue weighted by Crippen LogP contribution is -2.14. The van der Waals surface area contributed by atoms with Crippen molar-refractivity contribution < 1.29 is 24.0 Å². The van der Waals surface area contributed by atoms with Crippen molar-refractivity contribution >= 4 is 35.4 Å². The summed E-state index contributed by atoms with van der Waals surface area (Å²) in [5, 5.41) is 20.5. The van der Waals surface area contributed by atoms with Crippen LogP contribution in [0.1, 0.15) is 21.9 Å². The summed E-state index contributed by atoms with van der Waals surface area (Å²) in [5.41, 5.74) is -1.36. The maximum Gasteiger partial charge on any atom is 0.395 e. The van der Waals surface area contributed by atoms with Gasteiger partial charge >= 0.3 is 17.2 Å². The number of carbonyl (C=O) groups excluding carboxylic acids is 1. The van der Waals surface area contributed by atoms with Crippen molar-refractivity contribution in [1.82, 2.24) is 9.97 Å². The molecule has 3 rings (SSSR count). The van der Waals surface area contributed by atoms with Crippen molar-refractivity contribution in [2.45, 2.75) is 0 Å². The predicted octanol–water partition coefficient (Wildman–Crippen LogP) is 3.25. The maximum absolute atomic E-state index is 11.8. The largest absolute Gasteiger partial charge is 0.488 e. The average Bonchev–Trinajstić information content (AvgIpc) is 3.14. The Balaban J connectivity index is 1.87. The van der Waals surface area contributed by atoms with Crippen molar-refractivity contribution in [2.75, 3.05) is 7.11 Å². The average molecular weight is 418 g/mol. The highest BCUT2D eigenvalue weighted by atomic mass is 35.5. The summed E-state index contributed by atoms with van der Waals surface area (Å²) < 4.78 is 10.3. The van der Waals surface area contributed by atoms with E-state index >= 15 is 0 Å². The highest BCUT2D eigenvalue weighted by Gasteiger charge is 2.21. The van der Waals surface area contributed by atoms with Crippen LogP contribution in [0.5, 0.6) is 5.88 Å². The Bertz CT molecular complexity index is 1200. The minimum Gasteiger partial charge on any atom is -0.488 e. The van der Waals surface area contributed by atoms with Crippen LogP contribution < -0.4 is 5.56 Å². The number of nitrogens with zero attached hydrogens (tertiary/aromatic N) is 2. The number of esters is 1. The van der Waals surface area contributed by atoms with E-state index < -0.39 is 28.0 Å². The van der Waals surface area contributed by atoms with Crippen LogP contribution in [-0.4, -0.2) is 33.1 Å². The molecule has 0 atom stereocenters. The second-order valence-corrected chi connectivity index (χ2v) is 6.01. The molecule has 0 spiro atoms. The van der Waals surface area contributed by atoms with Gasteiger partial charge in [0.25, 0.3) is 5.88 Å². The second kappa shape index (κ2) is 7.98. The molecular formula is C18H12ClN3O7. The summed E-state index contributed by atoms with van der Waals surface area (Å²) in [5.74, 6) is -0.892. The van der Waals surface area contributed by atoms with Crippen molar-refractivity contribution in [3.8, 4) is 17.2 Å². The number of nitro groups is 1. The van der Waals surface area contributed by atoms with Crippen LogP contribution in [-0.2, 0) is 4.74 Å². The molecule has 0 aliphatic heterocycles. The van der Waals surface area contributed by atoms with Crippen molar-refractivity contribution in [3.05, 3.63) is 73.0 Å². The molecule has 0 radical (unpaired) electrons. The quantitative estimate of drug-likeness (QED) is 0.365. The van der Waals surface area contributed by atoms with E-state index in [2.05, 4.69) is 14.7 Å². The van der Waals surface area contributed by atoms with Crippen LogP contribution in [0.25, 0.3) is 23.5 Å². The fourth-order valence-electron chi connectivity index (χ4n) is 2.42. The third kappa shape index (κ3) is 4.17. The summed E-state index contributed by atoms with van der Waals surface area (Å²) in [7, 11) is 1.25. The van der Waals surface area contributed by atoms with Gasteiger partial charge in [-0.1, -0.05) is 11.6 Å². The molecule has 2 heterocycles. The number of hydrogen-bond acceptors (Lipinski definition) is 8. The van der Waals surface area contributed by atoms with Gasteiger partial charge in [-0.2, -0.15) is 4.98 Å². The van der Waals surface area contributed by atoms with E-state index in [4.69, 9.17) is 16.0 Å². The van der Waals surface area contributed by atoms with Crippen molar-refractivity contribution in [1.29, 1.82) is 0 Å². The molecule has 1 aromatic carbocycles. The first kappa shape index (κ1) is 19.8. The van der Waals surface area contributed by atoms with Gasteiger partial charge in [0.15, 0.2) is 0 Å². The number of ether oxygens (including phenoxy) is 1. The number of carbonyl (C=O) groups is 1. The standard InChI is InChI=1S/C18H12ClN3O7/c1-28-18(25)11-8-9(2-5-12(11)19)13-6-3-10(29-13)4-7-14-20-16(23)15(22(26)27)17(24)21-14/h2-8H,1H3,(H2,20,21,23,24)/b7-4-. The van der Waals surface area contributed by atoms with Gasteiger partial charge in [-0.15, -0.1) is 0 Å². The number of benzene rings is 1. The number of rotatable bonds is 5. The van der Waals surface area contributed by atoms with Gasteiger partial charge < -0.3 is 19.2 Å². The zero-order valence-corrected chi connectivity index (χ0v) is 15.5. The molecule has 29 heavy (non-hydrogen) atoms. The molecule has 0 fully saturated rings. The van der Waals surface area contributed by atoms with E-state index in [-0.39, 0.29) is 16.4 Å². The summed E-state index contributed by atoms with van der Waals surface area (Å²) in [6.07, 6.45) is 2.74. The molecule has 0 aliphatic carbocycles. The molecule has 0 saturated heterocycles. The first-order chi connectivity index (χ1) is 13.8. The zero-order valence-electron chi connectivity index (χ0n) is 14.7. The van der Waals surface area contributed by atoms with Gasteiger partial charge in [0.2, 0.25) is 0 Å². The Labute approximate surface area is 167 Å². The molecule has 0 saturated carbocycles. The van der Waals surface area contributed by atoms with E-state index in [1.807, 2.05) is 0 Å². The summed E-state index contributed by atoms with van der Waals surface area (Å²) in [6, 6.07) is 7.98. The van der Waals surface area contributed by atoms with Crippen molar-refractivity contribution in [2.24, 2.45) is 0 Å². The molecule has 2 aromatic heterocycles. The number of furan rings is 1. The number of aromatic nitrogens is 2. The van der Waals surface area contributed by atoms with E-state index in [0.717, 1.165) is 0 Å². The molecule has 11 heteroatoms. The number of hydrogen-bond donors (Lipinski definition) is 2. The third-order valence-electron chi connectivity index (χ3n) is 3.77. The van der Waals surface area contributed by atoms with Crippen LogP contribution in [0.4, 0.5) is 5.69 Å². The number of aromatic hydroxyl groups is 1. The number of nitrogens with one attached hydrogen (secondary N) is 1. The van der Waals surface area contributed by atoms with Crippen LogP contribution in [0.15, 0.2) is 39.5 Å². The molecule has 148 valence electrons. The van der Waals surface area contributed by atoms with Gasteiger partial charge in [-0.25, -0.2) is 4.79 Å². The predicted molar refractivity (Wildman–Crippen MR) is 103 cm³/mol. The first-order valence-electron chi connectivity index (χ1n) is 7.94. The molecule has 0 aliphatic rings. The monoisotopic (exact) mass is 417 g/mol. The van der Waals surface area contributed by atoms with Gasteiger partial charge in [-0.05, 0) is 42.5 Å². The fourth-order valence-corrected chi connectivity index (χ4v) is 2.61. The topological polar surface area (TPSA) is 149 Å². The molecule has 3 aromatic rings. The molecule has 0 bridgehead atoms. The number of halogens is 1. The third-order valence-corrected chi connectivity index (χ3v) is 4.10. The van der Waals surface area contributed by atoms with Crippen LogP contribution in [0.3, 0.4) is 0 Å². The molecule has 0 unspecified atom stereocenters. The number of aromatic amines is 1. The smallest absolute Gasteiger partial charge is 0.395 e. The lowest BCUT2D eigenvalue weighted by atomic mass is 10.1. The maximum atomic E-state index is 11.8. The SMILES string of the molecule is COC(=O)c1cc(-c2ccc(/C=C\c3nc(O)c([N+](=O)[O-])c(=O)[nH]3)o2)ccc1Cl. The Kier molecular flexibility index (Phi) is 5.46. The molecular weight excluding hydrogens is 406 g/mol. The van der Waals surface area contributed by atoms with Crippen LogP contribution >= 0.6 is 11.6 Å². The highest BCUT2D eigenvalue weighted by Crippen LogP contribution is 2.28. The Hall–Kier alpha value is -3.92. The Morgan fingerprint density at radius 1 is 1.34 bits per heavy atom. The molecule has 10 nitrogen and oxygen atoms in total. The summed E-state index contributed by atoms with van der Waals surface area (Å²) in [4.78, 5) is 38.8. The van der Waals surface area contributed by atoms with E-state index in [9.17, 15) is 24.8 Å². The lowest BCUT2D eigenvalue weighted by molar-refractivity contribution is -0.387. The minimum absolute atomic E-state index is 0.101. The van der Waals surface area contributed by atoms with Crippen LogP contribution in [0.2, 0.25) is 5.02 Å². The van der Waals surface area contributed by atoms with E-state index in [1.165, 1.54) is 31.4 Å². The van der Waals surface area contributed by atoms with Crippen LogP contribution in [0, 0.1) is 10.1 Å². The van der Waals surface area contributed by atoms with Gasteiger partial charge in [-0.3, -0.25) is 14.9 Å².